The number of halogens is 5. The molecular formula is C34H40F5N5O3. The van der Waals surface area contributed by atoms with Crippen LogP contribution in [0.25, 0.3) is 0 Å². The topological polar surface area (TPSA) is 79.7 Å². The van der Waals surface area contributed by atoms with Crippen molar-refractivity contribution in [3.05, 3.63) is 77.1 Å². The number of rotatable bonds is 8. The lowest BCUT2D eigenvalue weighted by molar-refractivity contribution is -0.148. The molecule has 5 rings (SSSR count). The number of esters is 1. The second-order valence-electron chi connectivity index (χ2n) is 13.2. The van der Waals surface area contributed by atoms with Gasteiger partial charge in [-0.15, -0.1) is 0 Å². The lowest BCUT2D eigenvalue weighted by Gasteiger charge is -2.34. The molecule has 47 heavy (non-hydrogen) atoms. The number of amides is 1. The van der Waals surface area contributed by atoms with Crippen molar-refractivity contribution in [2.24, 2.45) is 11.8 Å². The van der Waals surface area contributed by atoms with Crippen LogP contribution in [0.2, 0.25) is 0 Å². The second-order valence-corrected chi connectivity index (χ2v) is 13.2. The van der Waals surface area contributed by atoms with Crippen molar-refractivity contribution in [2.45, 2.75) is 64.7 Å². The van der Waals surface area contributed by atoms with E-state index in [2.05, 4.69) is 15.2 Å². The molecule has 0 unspecified atom stereocenters. The number of nitrogens with zero attached hydrogens (tertiary/aromatic N) is 4. The monoisotopic (exact) mass is 661 g/mol. The number of piperidine rings is 1. The van der Waals surface area contributed by atoms with Gasteiger partial charge in [0.2, 0.25) is 11.9 Å². The zero-order valence-corrected chi connectivity index (χ0v) is 26.9. The third kappa shape index (κ3) is 7.77. The van der Waals surface area contributed by atoms with E-state index in [9.17, 15) is 31.5 Å². The number of carbonyl (C=O) groups excluding carboxylic acids is 2. The Morgan fingerprint density at radius 1 is 1.02 bits per heavy atom. The molecule has 0 spiro atoms. The van der Waals surface area contributed by atoms with Gasteiger partial charge in [0.05, 0.1) is 30.6 Å². The summed E-state index contributed by atoms with van der Waals surface area (Å²) >= 11 is 0. The third-order valence-electron chi connectivity index (χ3n) is 9.13. The van der Waals surface area contributed by atoms with E-state index in [1.165, 1.54) is 24.4 Å². The number of hydrogen-bond donors (Lipinski definition) is 1. The normalized spacial score (nSPS) is 19.6. The first-order valence-electron chi connectivity index (χ1n) is 15.8. The molecule has 1 aromatic heterocycles. The smallest absolute Gasteiger partial charge is 0.416 e. The molecule has 8 nitrogen and oxygen atoms in total. The molecular weight excluding hydrogens is 621 g/mol. The summed E-state index contributed by atoms with van der Waals surface area (Å²) in [6.45, 7) is 9.57. The number of carbonyl (C=O) groups is 2. The highest BCUT2D eigenvalue weighted by Crippen LogP contribution is 2.39. The lowest BCUT2D eigenvalue weighted by atomic mass is 9.88. The maximum atomic E-state index is 14.9. The van der Waals surface area contributed by atoms with Crippen LogP contribution < -0.4 is 10.2 Å². The number of nitrogens with one attached hydrogen (secondary N) is 1. The van der Waals surface area contributed by atoms with Gasteiger partial charge in [-0.2, -0.15) is 13.2 Å². The van der Waals surface area contributed by atoms with Crippen LogP contribution in [-0.4, -0.2) is 64.7 Å². The SMILES string of the molecule is CCOC(=O)C1CCN(c2cc(C(F)(F)F)ccc2Cn2ccnc2NC(=O)[C@@H]2CN(C(C)(C)C)C[C@H]2c2ccc(F)cc2F)CC1. The summed E-state index contributed by atoms with van der Waals surface area (Å²) < 4.78 is 76.7. The van der Waals surface area contributed by atoms with E-state index in [1.54, 1.807) is 17.7 Å². The van der Waals surface area contributed by atoms with Gasteiger partial charge in [-0.3, -0.25) is 19.8 Å². The molecule has 2 atom stereocenters. The number of imidazole rings is 1. The summed E-state index contributed by atoms with van der Waals surface area (Å²) in [4.78, 5) is 34.3. The van der Waals surface area contributed by atoms with Crippen LogP contribution in [0.3, 0.4) is 0 Å². The first-order chi connectivity index (χ1) is 22.2. The van der Waals surface area contributed by atoms with Gasteiger partial charge in [0, 0.05) is 61.8 Å². The van der Waals surface area contributed by atoms with Crippen molar-refractivity contribution in [2.75, 3.05) is 43.0 Å². The average Bonchev–Trinajstić information content (AvgIpc) is 3.64. The fourth-order valence-corrected chi connectivity index (χ4v) is 6.47. The quantitative estimate of drug-likeness (QED) is 0.221. The first-order valence-corrected chi connectivity index (χ1v) is 15.8. The number of anilines is 2. The van der Waals surface area contributed by atoms with Gasteiger partial charge in [0.25, 0.3) is 0 Å². The summed E-state index contributed by atoms with van der Waals surface area (Å²) in [5, 5.41) is 2.86. The van der Waals surface area contributed by atoms with Gasteiger partial charge < -0.3 is 14.2 Å². The molecule has 2 aromatic carbocycles. The Kier molecular flexibility index (Phi) is 9.95. The fourth-order valence-electron chi connectivity index (χ4n) is 6.47. The first kappa shape index (κ1) is 34.3. The summed E-state index contributed by atoms with van der Waals surface area (Å²) in [6.07, 6.45) is -0.546. The van der Waals surface area contributed by atoms with Crippen LogP contribution in [0.1, 0.15) is 63.1 Å². The van der Waals surface area contributed by atoms with Gasteiger partial charge >= 0.3 is 12.1 Å². The van der Waals surface area contributed by atoms with Crippen molar-refractivity contribution in [1.29, 1.82) is 0 Å². The van der Waals surface area contributed by atoms with E-state index >= 15 is 0 Å². The molecule has 2 fully saturated rings. The minimum absolute atomic E-state index is 0.107. The molecule has 13 heteroatoms. The Morgan fingerprint density at radius 2 is 1.74 bits per heavy atom. The second kappa shape index (κ2) is 13.6. The van der Waals surface area contributed by atoms with Crippen molar-refractivity contribution in [3.63, 3.8) is 0 Å². The molecule has 1 N–H and O–H groups in total. The van der Waals surface area contributed by atoms with Gasteiger partial charge in [-0.1, -0.05) is 12.1 Å². The predicted octanol–water partition coefficient (Wildman–Crippen LogP) is 6.46. The highest BCUT2D eigenvalue weighted by atomic mass is 19.4. The number of alkyl halides is 3. The van der Waals surface area contributed by atoms with E-state index in [4.69, 9.17) is 4.74 Å². The predicted molar refractivity (Wildman–Crippen MR) is 167 cm³/mol. The summed E-state index contributed by atoms with van der Waals surface area (Å²) in [6, 6.07) is 6.95. The van der Waals surface area contributed by atoms with E-state index in [1.807, 2.05) is 25.7 Å². The van der Waals surface area contributed by atoms with Crippen molar-refractivity contribution in [3.8, 4) is 0 Å². The molecule has 0 radical (unpaired) electrons. The number of ether oxygens (including phenoxy) is 1. The highest BCUT2D eigenvalue weighted by Gasteiger charge is 2.43. The fraction of sp³-hybridized carbons (Fsp3) is 0.500. The largest absolute Gasteiger partial charge is 0.466 e. The van der Waals surface area contributed by atoms with Crippen molar-refractivity contribution in [1.82, 2.24) is 14.5 Å². The van der Waals surface area contributed by atoms with E-state index < -0.39 is 41.1 Å². The van der Waals surface area contributed by atoms with Crippen LogP contribution in [0.4, 0.5) is 33.6 Å². The van der Waals surface area contributed by atoms with Gasteiger partial charge in [-0.05, 0) is 69.9 Å². The summed E-state index contributed by atoms with van der Waals surface area (Å²) in [7, 11) is 0. The molecule has 0 aliphatic carbocycles. The molecule has 3 aromatic rings. The number of aromatic nitrogens is 2. The highest BCUT2D eigenvalue weighted by molar-refractivity contribution is 5.92. The Labute approximate surface area is 270 Å². The molecule has 0 saturated carbocycles. The Balaban J connectivity index is 1.38. The van der Waals surface area contributed by atoms with Crippen LogP contribution in [-0.2, 0) is 27.0 Å². The van der Waals surface area contributed by atoms with Crippen molar-refractivity contribution >= 4 is 23.5 Å². The zero-order chi connectivity index (χ0) is 34.1. The standard InChI is InChI=1S/C34H40F5N5O3/c1-5-47-31(46)21-10-13-42(14-11-21)29-16-23(34(37,38)39)7-6-22(29)18-43-15-12-40-32(43)41-30(45)27-20-44(33(2,3)4)19-26(27)25-9-8-24(35)17-28(25)36/h6-9,12,15-17,21,26-27H,5,10-11,13-14,18-20H2,1-4H3,(H,40,41,45)/t26-,27+/m0/s1. The van der Waals surface area contributed by atoms with Gasteiger partial charge in [0.1, 0.15) is 11.6 Å². The maximum Gasteiger partial charge on any atom is 0.416 e. The number of benzene rings is 2. The molecule has 0 bridgehead atoms. The minimum Gasteiger partial charge on any atom is -0.466 e. The minimum atomic E-state index is -4.55. The zero-order valence-electron chi connectivity index (χ0n) is 26.9. The van der Waals surface area contributed by atoms with Crippen LogP contribution in [0, 0.1) is 23.5 Å². The molecule has 2 aliphatic rings. The molecule has 1 amide bonds. The molecule has 254 valence electrons. The Hall–Kier alpha value is -4.00. The van der Waals surface area contributed by atoms with Crippen molar-refractivity contribution < 1.29 is 36.3 Å². The molecule has 2 saturated heterocycles. The molecule has 3 heterocycles. The van der Waals surface area contributed by atoms with Crippen LogP contribution >= 0.6 is 0 Å². The third-order valence-corrected chi connectivity index (χ3v) is 9.13. The number of hydrogen-bond acceptors (Lipinski definition) is 6. The Morgan fingerprint density at radius 3 is 2.38 bits per heavy atom. The van der Waals surface area contributed by atoms with E-state index in [0.29, 0.717) is 50.3 Å². The Bertz CT molecular complexity index is 1590. The van der Waals surface area contributed by atoms with E-state index in [-0.39, 0.29) is 42.1 Å². The maximum absolute atomic E-state index is 14.9. The number of likely N-dealkylation sites (tertiary alicyclic amines) is 1. The van der Waals surface area contributed by atoms with Crippen LogP contribution in [0.5, 0.6) is 0 Å². The summed E-state index contributed by atoms with van der Waals surface area (Å²) in [5.41, 5.74) is 0.115. The van der Waals surface area contributed by atoms with Gasteiger partial charge in [-0.25, -0.2) is 13.8 Å². The molecule has 2 aliphatic heterocycles. The van der Waals surface area contributed by atoms with E-state index in [0.717, 1.165) is 18.2 Å². The van der Waals surface area contributed by atoms with Crippen LogP contribution in [0.15, 0.2) is 48.8 Å². The van der Waals surface area contributed by atoms with Gasteiger partial charge in [0.15, 0.2) is 0 Å². The average molecular weight is 662 g/mol. The lowest BCUT2D eigenvalue weighted by Crippen LogP contribution is -2.40. The summed E-state index contributed by atoms with van der Waals surface area (Å²) in [5.74, 6) is -3.46.